The van der Waals surface area contributed by atoms with E-state index in [1.54, 1.807) is 0 Å². The van der Waals surface area contributed by atoms with Crippen molar-refractivity contribution in [3.05, 3.63) is 17.5 Å². The Bertz CT molecular complexity index is 502. The summed E-state index contributed by atoms with van der Waals surface area (Å²) in [5.41, 5.74) is 7.65. The standard InChI is InChI=1S/C16H26N4O.ClH/c1-9(2)13-8-14(20-19-13)16(21)18-15-10-4-3-5-11(15)7-12(17)6-10;/h8-12,15H,3-7,17H2,1-2H3,(H,18,21)(H,19,20);1H. The number of aromatic amines is 1. The number of hydrogen-bond donors (Lipinski definition) is 3. The highest BCUT2D eigenvalue weighted by Crippen LogP contribution is 2.39. The van der Waals surface area contributed by atoms with E-state index in [4.69, 9.17) is 5.73 Å². The second-order valence-corrected chi connectivity index (χ2v) is 7.05. The first-order valence-corrected chi connectivity index (χ1v) is 8.16. The normalized spacial score (nSPS) is 30.7. The van der Waals surface area contributed by atoms with Crippen LogP contribution in [0.4, 0.5) is 0 Å². The molecule has 2 atom stereocenters. The number of amides is 1. The van der Waals surface area contributed by atoms with Crippen molar-refractivity contribution < 1.29 is 4.79 Å². The molecule has 6 heteroatoms. The van der Waals surface area contributed by atoms with Crippen LogP contribution in [0.3, 0.4) is 0 Å². The lowest BCUT2D eigenvalue weighted by molar-refractivity contribution is 0.0751. The fraction of sp³-hybridized carbons (Fsp3) is 0.750. The van der Waals surface area contributed by atoms with Gasteiger partial charge in [-0.3, -0.25) is 9.89 Å². The van der Waals surface area contributed by atoms with Gasteiger partial charge in [-0.25, -0.2) is 0 Å². The number of halogens is 1. The molecule has 0 spiro atoms. The number of carbonyl (C=O) groups excluding carboxylic acids is 1. The molecule has 1 aromatic rings. The minimum absolute atomic E-state index is 0. The van der Waals surface area contributed by atoms with E-state index in [1.807, 2.05) is 6.07 Å². The Labute approximate surface area is 138 Å². The molecule has 2 aliphatic rings. The average Bonchev–Trinajstić information content (AvgIpc) is 2.89. The lowest BCUT2D eigenvalue weighted by atomic mass is 9.67. The van der Waals surface area contributed by atoms with Crippen molar-refractivity contribution in [1.29, 1.82) is 0 Å². The molecule has 1 heterocycles. The Kier molecular flexibility index (Phi) is 5.50. The molecule has 2 bridgehead atoms. The number of carbonyl (C=O) groups is 1. The number of hydrogen-bond acceptors (Lipinski definition) is 3. The summed E-state index contributed by atoms with van der Waals surface area (Å²) in [4.78, 5) is 12.4. The Morgan fingerprint density at radius 1 is 1.36 bits per heavy atom. The molecule has 124 valence electrons. The molecular formula is C16H27ClN4O. The number of aromatic nitrogens is 2. The fourth-order valence-corrected chi connectivity index (χ4v) is 4.00. The van der Waals surface area contributed by atoms with E-state index >= 15 is 0 Å². The summed E-state index contributed by atoms with van der Waals surface area (Å²) < 4.78 is 0. The lowest BCUT2D eigenvalue weighted by Crippen LogP contribution is -2.53. The van der Waals surface area contributed by atoms with Crippen LogP contribution >= 0.6 is 12.4 Å². The lowest BCUT2D eigenvalue weighted by Gasteiger charge is -2.45. The van der Waals surface area contributed by atoms with E-state index in [-0.39, 0.29) is 24.4 Å². The maximum Gasteiger partial charge on any atom is 0.272 e. The third kappa shape index (κ3) is 3.46. The van der Waals surface area contributed by atoms with Gasteiger partial charge in [0.15, 0.2) is 0 Å². The molecular weight excluding hydrogens is 300 g/mol. The molecule has 0 aromatic carbocycles. The molecule has 1 amide bonds. The fourth-order valence-electron chi connectivity index (χ4n) is 4.00. The van der Waals surface area contributed by atoms with Crippen LogP contribution in [-0.2, 0) is 0 Å². The van der Waals surface area contributed by atoms with Crippen molar-refractivity contribution in [1.82, 2.24) is 15.5 Å². The first-order valence-electron chi connectivity index (χ1n) is 8.16. The summed E-state index contributed by atoms with van der Waals surface area (Å²) in [6, 6.07) is 2.46. The molecule has 2 saturated carbocycles. The zero-order valence-electron chi connectivity index (χ0n) is 13.3. The van der Waals surface area contributed by atoms with Crippen molar-refractivity contribution in [2.24, 2.45) is 17.6 Å². The summed E-state index contributed by atoms with van der Waals surface area (Å²) in [7, 11) is 0. The summed E-state index contributed by atoms with van der Waals surface area (Å²) in [5.74, 6) is 1.39. The largest absolute Gasteiger partial charge is 0.347 e. The van der Waals surface area contributed by atoms with E-state index in [0.717, 1.165) is 18.5 Å². The SMILES string of the molecule is CC(C)c1cc(C(=O)NC2C3CCCC2CC(N)C3)n[nH]1.Cl. The number of fused-ring (bicyclic) bond motifs is 2. The van der Waals surface area contributed by atoms with Gasteiger partial charge in [-0.2, -0.15) is 5.10 Å². The maximum atomic E-state index is 12.4. The molecule has 2 fully saturated rings. The number of rotatable bonds is 3. The summed E-state index contributed by atoms with van der Waals surface area (Å²) >= 11 is 0. The first-order chi connectivity index (χ1) is 10.0. The van der Waals surface area contributed by atoms with Crippen LogP contribution in [0.5, 0.6) is 0 Å². The van der Waals surface area contributed by atoms with E-state index in [2.05, 4.69) is 29.4 Å². The average molecular weight is 327 g/mol. The molecule has 22 heavy (non-hydrogen) atoms. The van der Waals surface area contributed by atoms with Gasteiger partial charge in [-0.1, -0.05) is 20.3 Å². The number of nitrogens with zero attached hydrogens (tertiary/aromatic N) is 1. The number of nitrogens with one attached hydrogen (secondary N) is 2. The molecule has 0 radical (unpaired) electrons. The zero-order valence-corrected chi connectivity index (χ0v) is 14.2. The molecule has 2 aliphatic carbocycles. The molecule has 3 rings (SSSR count). The maximum absolute atomic E-state index is 12.4. The molecule has 0 aliphatic heterocycles. The van der Waals surface area contributed by atoms with E-state index in [0.29, 0.717) is 29.5 Å². The van der Waals surface area contributed by atoms with Crippen LogP contribution in [-0.4, -0.2) is 28.2 Å². The van der Waals surface area contributed by atoms with Gasteiger partial charge in [0.25, 0.3) is 5.91 Å². The molecule has 5 nitrogen and oxygen atoms in total. The minimum atomic E-state index is -0.0458. The van der Waals surface area contributed by atoms with Gasteiger partial charge in [0.2, 0.25) is 0 Å². The highest BCUT2D eigenvalue weighted by molar-refractivity contribution is 5.92. The Morgan fingerprint density at radius 3 is 2.55 bits per heavy atom. The van der Waals surface area contributed by atoms with Crippen molar-refractivity contribution >= 4 is 18.3 Å². The number of nitrogens with two attached hydrogens (primary N) is 1. The highest BCUT2D eigenvalue weighted by Gasteiger charge is 2.40. The topological polar surface area (TPSA) is 83.8 Å². The first kappa shape index (κ1) is 17.3. The smallest absolute Gasteiger partial charge is 0.272 e. The molecule has 4 N–H and O–H groups in total. The van der Waals surface area contributed by atoms with Crippen molar-refractivity contribution in [3.8, 4) is 0 Å². The summed E-state index contributed by atoms with van der Waals surface area (Å²) in [6.45, 7) is 4.17. The van der Waals surface area contributed by atoms with E-state index in [1.165, 1.54) is 19.3 Å². The zero-order chi connectivity index (χ0) is 15.0. The third-order valence-electron chi connectivity index (χ3n) is 5.13. The van der Waals surface area contributed by atoms with Crippen LogP contribution < -0.4 is 11.1 Å². The third-order valence-corrected chi connectivity index (χ3v) is 5.13. The highest BCUT2D eigenvalue weighted by atomic mass is 35.5. The van der Waals surface area contributed by atoms with Crippen LogP contribution in [0, 0.1) is 11.8 Å². The van der Waals surface area contributed by atoms with Crippen LogP contribution in [0.15, 0.2) is 6.07 Å². The van der Waals surface area contributed by atoms with Crippen LogP contribution in [0.1, 0.15) is 68.1 Å². The van der Waals surface area contributed by atoms with E-state index < -0.39 is 0 Å². The molecule has 0 saturated heterocycles. The second kappa shape index (κ2) is 7.01. The predicted molar refractivity (Wildman–Crippen MR) is 89.2 cm³/mol. The monoisotopic (exact) mass is 326 g/mol. The molecule has 1 aromatic heterocycles. The summed E-state index contributed by atoms with van der Waals surface area (Å²) in [6.07, 6.45) is 5.73. The predicted octanol–water partition coefficient (Wildman–Crippen LogP) is 2.59. The Balaban J connectivity index is 0.00000176. The Morgan fingerprint density at radius 2 is 2.00 bits per heavy atom. The quantitative estimate of drug-likeness (QED) is 0.798. The van der Waals surface area contributed by atoms with Crippen molar-refractivity contribution in [3.63, 3.8) is 0 Å². The molecule has 2 unspecified atom stereocenters. The van der Waals surface area contributed by atoms with Gasteiger partial charge in [0.1, 0.15) is 5.69 Å². The summed E-state index contributed by atoms with van der Waals surface area (Å²) in [5, 5.41) is 10.3. The van der Waals surface area contributed by atoms with Gasteiger partial charge >= 0.3 is 0 Å². The van der Waals surface area contributed by atoms with Gasteiger partial charge in [-0.05, 0) is 49.5 Å². The van der Waals surface area contributed by atoms with Gasteiger partial charge in [0, 0.05) is 17.8 Å². The van der Waals surface area contributed by atoms with Crippen LogP contribution in [0.25, 0.3) is 0 Å². The van der Waals surface area contributed by atoms with Crippen molar-refractivity contribution in [2.75, 3.05) is 0 Å². The second-order valence-electron chi connectivity index (χ2n) is 7.05. The van der Waals surface area contributed by atoms with Gasteiger partial charge < -0.3 is 11.1 Å². The van der Waals surface area contributed by atoms with E-state index in [9.17, 15) is 4.79 Å². The Hall–Kier alpha value is -1.07. The van der Waals surface area contributed by atoms with Crippen molar-refractivity contribution in [2.45, 2.75) is 64.0 Å². The van der Waals surface area contributed by atoms with Crippen LogP contribution in [0.2, 0.25) is 0 Å². The minimum Gasteiger partial charge on any atom is -0.347 e. The number of H-pyrrole nitrogens is 1. The van der Waals surface area contributed by atoms with Gasteiger partial charge in [0.05, 0.1) is 0 Å². The van der Waals surface area contributed by atoms with Gasteiger partial charge in [-0.15, -0.1) is 12.4 Å².